The van der Waals surface area contributed by atoms with Crippen molar-refractivity contribution >= 4 is 28.7 Å². The van der Waals surface area contributed by atoms with Crippen molar-refractivity contribution in [1.29, 1.82) is 0 Å². The zero-order valence-electron chi connectivity index (χ0n) is 15.0. The molecule has 0 radical (unpaired) electrons. The molecule has 1 saturated heterocycles. The fourth-order valence-electron chi connectivity index (χ4n) is 3.43. The monoisotopic (exact) mass is 366 g/mol. The van der Waals surface area contributed by atoms with E-state index >= 15 is 0 Å². The van der Waals surface area contributed by atoms with E-state index in [0.29, 0.717) is 17.0 Å². The molecule has 5 nitrogen and oxygen atoms in total. The predicted molar refractivity (Wildman–Crippen MR) is 108 cm³/mol. The molecule has 0 amide bonds. The van der Waals surface area contributed by atoms with Crippen LogP contribution in [0.4, 0.5) is 5.95 Å². The van der Waals surface area contributed by atoms with Gasteiger partial charge in [-0.25, -0.2) is 4.98 Å². The molecule has 4 rings (SSSR count). The summed E-state index contributed by atoms with van der Waals surface area (Å²) in [6.07, 6.45) is 6.02. The van der Waals surface area contributed by atoms with Crippen molar-refractivity contribution in [2.45, 2.75) is 24.7 Å². The number of H-pyrrole nitrogens is 1. The molecule has 2 aromatic heterocycles. The van der Waals surface area contributed by atoms with Crippen molar-refractivity contribution in [1.82, 2.24) is 15.0 Å². The Morgan fingerprint density at radius 1 is 1.15 bits per heavy atom. The van der Waals surface area contributed by atoms with E-state index in [1.165, 1.54) is 4.90 Å². The van der Waals surface area contributed by atoms with Crippen molar-refractivity contribution in [3.05, 3.63) is 46.9 Å². The summed E-state index contributed by atoms with van der Waals surface area (Å²) in [5, 5.41) is 0.554. The van der Waals surface area contributed by atoms with Crippen molar-refractivity contribution in [3.63, 3.8) is 0 Å². The Morgan fingerprint density at radius 2 is 1.88 bits per heavy atom. The van der Waals surface area contributed by atoms with Gasteiger partial charge in [-0.15, -0.1) is 11.8 Å². The number of hydrogen-bond donors (Lipinski definition) is 1. The van der Waals surface area contributed by atoms with Crippen LogP contribution in [0.1, 0.15) is 19.8 Å². The second kappa shape index (κ2) is 7.11. The number of fused-ring (bicyclic) bond motifs is 1. The Balaban J connectivity index is 1.78. The molecule has 0 bridgehead atoms. The van der Waals surface area contributed by atoms with Gasteiger partial charge in [-0.05, 0) is 54.3 Å². The number of anilines is 1. The van der Waals surface area contributed by atoms with Gasteiger partial charge < -0.3 is 4.90 Å². The summed E-state index contributed by atoms with van der Waals surface area (Å²) in [7, 11) is 0. The number of hydrogen-bond acceptors (Lipinski definition) is 5. The number of thioether (sulfide) groups is 1. The predicted octanol–water partition coefficient (Wildman–Crippen LogP) is 3.94. The number of aromatic amines is 1. The third-order valence-corrected chi connectivity index (χ3v) is 5.82. The average Bonchev–Trinajstić information content (AvgIpc) is 2.68. The van der Waals surface area contributed by atoms with E-state index in [4.69, 9.17) is 0 Å². The van der Waals surface area contributed by atoms with Gasteiger partial charge in [-0.1, -0.05) is 19.1 Å². The molecule has 0 unspecified atom stereocenters. The summed E-state index contributed by atoms with van der Waals surface area (Å²) in [5.41, 5.74) is 2.26. The summed E-state index contributed by atoms with van der Waals surface area (Å²) >= 11 is 1.70. The molecule has 1 aliphatic heterocycles. The lowest BCUT2D eigenvalue weighted by Gasteiger charge is -2.30. The van der Waals surface area contributed by atoms with Crippen molar-refractivity contribution in [3.8, 4) is 11.1 Å². The highest BCUT2D eigenvalue weighted by Crippen LogP contribution is 2.27. The molecule has 26 heavy (non-hydrogen) atoms. The lowest BCUT2D eigenvalue weighted by Crippen LogP contribution is -2.35. The van der Waals surface area contributed by atoms with Crippen LogP contribution >= 0.6 is 11.8 Å². The minimum absolute atomic E-state index is 0.124. The molecular formula is C20H22N4OS. The third kappa shape index (κ3) is 3.21. The minimum atomic E-state index is -0.124. The fourth-order valence-corrected chi connectivity index (χ4v) is 3.84. The van der Waals surface area contributed by atoms with Gasteiger partial charge in [0.05, 0.1) is 5.39 Å². The summed E-state index contributed by atoms with van der Waals surface area (Å²) < 4.78 is 0. The largest absolute Gasteiger partial charge is 0.342 e. The van der Waals surface area contributed by atoms with Gasteiger partial charge in [0.25, 0.3) is 5.56 Å². The van der Waals surface area contributed by atoms with Crippen LogP contribution in [0.2, 0.25) is 0 Å². The summed E-state index contributed by atoms with van der Waals surface area (Å²) in [5.74, 6) is 1.36. The first-order chi connectivity index (χ1) is 12.7. The minimum Gasteiger partial charge on any atom is -0.342 e. The van der Waals surface area contributed by atoms with E-state index in [-0.39, 0.29) is 5.56 Å². The van der Waals surface area contributed by atoms with Crippen LogP contribution in [0, 0.1) is 5.92 Å². The maximum Gasteiger partial charge on any atom is 0.262 e. The van der Waals surface area contributed by atoms with Crippen LogP contribution in [0.15, 0.2) is 46.2 Å². The molecule has 0 spiro atoms. The zero-order valence-corrected chi connectivity index (χ0v) is 15.8. The van der Waals surface area contributed by atoms with E-state index in [1.807, 2.05) is 24.5 Å². The number of nitrogens with one attached hydrogen (secondary N) is 1. The second-order valence-corrected chi connectivity index (χ2v) is 7.72. The highest BCUT2D eigenvalue weighted by molar-refractivity contribution is 7.98. The molecule has 1 aromatic carbocycles. The van der Waals surface area contributed by atoms with Crippen molar-refractivity contribution < 1.29 is 0 Å². The SMILES string of the molecule is CSc1ccc(-c2ccnc3nc(N4CCC(C)CC4)[nH]c(=O)c23)cc1. The first-order valence-electron chi connectivity index (χ1n) is 8.94. The first kappa shape index (κ1) is 17.1. The number of nitrogens with zero attached hydrogens (tertiary/aromatic N) is 3. The summed E-state index contributed by atoms with van der Waals surface area (Å²) in [6.45, 7) is 4.11. The lowest BCUT2D eigenvalue weighted by atomic mass is 10.00. The smallest absolute Gasteiger partial charge is 0.262 e. The Labute approximate surface area is 156 Å². The molecule has 0 atom stereocenters. The van der Waals surface area contributed by atoms with Gasteiger partial charge in [-0.3, -0.25) is 9.78 Å². The maximum atomic E-state index is 12.9. The Bertz CT molecular complexity index is 975. The number of benzene rings is 1. The fraction of sp³-hybridized carbons (Fsp3) is 0.350. The molecule has 6 heteroatoms. The Kier molecular flexibility index (Phi) is 4.68. The molecule has 3 heterocycles. The molecule has 134 valence electrons. The highest BCUT2D eigenvalue weighted by Gasteiger charge is 2.19. The summed E-state index contributed by atoms with van der Waals surface area (Å²) in [6, 6.07) is 10.1. The van der Waals surface area contributed by atoms with E-state index < -0.39 is 0 Å². The van der Waals surface area contributed by atoms with Crippen molar-refractivity contribution in [2.24, 2.45) is 5.92 Å². The zero-order chi connectivity index (χ0) is 18.1. The van der Waals surface area contributed by atoms with E-state index in [9.17, 15) is 4.79 Å². The second-order valence-electron chi connectivity index (χ2n) is 6.84. The number of pyridine rings is 1. The Hall–Kier alpha value is -2.34. The van der Waals surface area contributed by atoms with E-state index in [1.54, 1.807) is 18.0 Å². The van der Waals surface area contributed by atoms with Gasteiger partial charge in [0.1, 0.15) is 0 Å². The topological polar surface area (TPSA) is 61.9 Å². The van der Waals surface area contributed by atoms with Crippen LogP contribution in [0.5, 0.6) is 0 Å². The van der Waals surface area contributed by atoms with Gasteiger partial charge >= 0.3 is 0 Å². The third-order valence-electron chi connectivity index (χ3n) is 5.08. The Morgan fingerprint density at radius 3 is 2.58 bits per heavy atom. The molecule has 1 aliphatic rings. The van der Waals surface area contributed by atoms with E-state index in [2.05, 4.69) is 38.9 Å². The van der Waals surface area contributed by atoms with Gasteiger partial charge in [0.15, 0.2) is 5.65 Å². The molecule has 3 aromatic rings. The van der Waals surface area contributed by atoms with Gasteiger partial charge in [-0.2, -0.15) is 4.98 Å². The number of rotatable bonds is 3. The average molecular weight is 366 g/mol. The maximum absolute atomic E-state index is 12.9. The van der Waals surface area contributed by atoms with Crippen LogP contribution in [-0.2, 0) is 0 Å². The number of piperidine rings is 1. The first-order valence-corrected chi connectivity index (χ1v) is 10.2. The molecule has 0 aliphatic carbocycles. The lowest BCUT2D eigenvalue weighted by molar-refractivity contribution is 0.434. The quantitative estimate of drug-likeness (QED) is 0.711. The standard InChI is InChI=1S/C20H22N4OS/c1-13-8-11-24(12-9-13)20-22-18-17(19(25)23-20)16(7-10-21-18)14-3-5-15(26-2)6-4-14/h3-7,10,13H,8-9,11-12H2,1-2H3,(H,21,22,23,25). The molecule has 1 N–H and O–H groups in total. The summed E-state index contributed by atoms with van der Waals surface area (Å²) in [4.78, 5) is 28.2. The normalized spacial score (nSPS) is 15.5. The van der Waals surface area contributed by atoms with Gasteiger partial charge in [0.2, 0.25) is 5.95 Å². The van der Waals surface area contributed by atoms with E-state index in [0.717, 1.165) is 43.0 Å². The molecule has 0 saturated carbocycles. The van der Waals surface area contributed by atoms with Crippen LogP contribution in [0.3, 0.4) is 0 Å². The van der Waals surface area contributed by atoms with Crippen molar-refractivity contribution in [2.75, 3.05) is 24.2 Å². The highest BCUT2D eigenvalue weighted by atomic mass is 32.2. The van der Waals surface area contributed by atoms with Crippen LogP contribution in [-0.4, -0.2) is 34.3 Å². The van der Waals surface area contributed by atoms with Crippen LogP contribution < -0.4 is 10.5 Å². The van der Waals surface area contributed by atoms with Gasteiger partial charge in [0, 0.05) is 24.2 Å². The van der Waals surface area contributed by atoms with Crippen LogP contribution in [0.25, 0.3) is 22.2 Å². The molecule has 1 fully saturated rings. The number of aromatic nitrogens is 3. The molecular weight excluding hydrogens is 344 g/mol.